The van der Waals surface area contributed by atoms with E-state index in [0.29, 0.717) is 17.0 Å². The fraction of sp³-hybridized carbons (Fsp3) is 0.300. The maximum Gasteiger partial charge on any atom is 0.255 e. The van der Waals surface area contributed by atoms with E-state index in [1.807, 2.05) is 44.4 Å². The van der Waals surface area contributed by atoms with Gasteiger partial charge in [0.25, 0.3) is 5.91 Å². The molecule has 0 aliphatic heterocycles. The molecule has 5 nitrogen and oxygen atoms in total. The smallest absolute Gasteiger partial charge is 0.255 e. The molecule has 26 heavy (non-hydrogen) atoms. The fourth-order valence-electron chi connectivity index (χ4n) is 2.51. The molecular formula is C20H24N2O3S. The summed E-state index contributed by atoms with van der Waals surface area (Å²) in [6, 6.07) is 13.9. The predicted octanol–water partition coefficient (Wildman–Crippen LogP) is 3.81. The zero-order valence-corrected chi connectivity index (χ0v) is 16.2. The first-order chi connectivity index (χ1) is 12.5. The summed E-state index contributed by atoms with van der Waals surface area (Å²) >= 11 is 1.60. The molecule has 2 N–H and O–H groups in total. The summed E-state index contributed by atoms with van der Waals surface area (Å²) in [7, 11) is 1.51. The van der Waals surface area contributed by atoms with E-state index in [9.17, 15) is 9.59 Å². The Hall–Kier alpha value is -2.47. The van der Waals surface area contributed by atoms with Crippen molar-refractivity contribution in [1.82, 2.24) is 5.32 Å². The van der Waals surface area contributed by atoms with Crippen molar-refractivity contribution >= 4 is 29.3 Å². The minimum atomic E-state index is -0.662. The number of thioether (sulfide) groups is 1. The van der Waals surface area contributed by atoms with Crippen LogP contribution in [-0.4, -0.2) is 31.2 Å². The number of para-hydroxylation sites is 1. The van der Waals surface area contributed by atoms with Gasteiger partial charge < -0.3 is 15.4 Å². The highest BCUT2D eigenvalue weighted by Gasteiger charge is 2.26. The third-order valence-electron chi connectivity index (χ3n) is 3.92. The lowest BCUT2D eigenvalue weighted by Gasteiger charge is -2.22. The van der Waals surface area contributed by atoms with Crippen molar-refractivity contribution in [3.63, 3.8) is 0 Å². The molecule has 0 saturated carbocycles. The lowest BCUT2D eigenvalue weighted by molar-refractivity contribution is -0.118. The Balaban J connectivity index is 2.14. The Morgan fingerprint density at radius 2 is 1.81 bits per heavy atom. The SMILES string of the molecule is COc1ccccc1C(=O)N[C@H](C(=O)Nc1cccc(SC)c1)C(C)C. The Kier molecular flexibility index (Phi) is 7.09. The molecule has 0 aliphatic carbocycles. The predicted molar refractivity (Wildman–Crippen MR) is 106 cm³/mol. The van der Waals surface area contributed by atoms with E-state index in [1.165, 1.54) is 7.11 Å². The largest absolute Gasteiger partial charge is 0.496 e. The highest BCUT2D eigenvalue weighted by molar-refractivity contribution is 7.98. The summed E-state index contributed by atoms with van der Waals surface area (Å²) in [5.41, 5.74) is 1.11. The molecule has 2 aromatic rings. The average Bonchev–Trinajstić information content (AvgIpc) is 2.65. The van der Waals surface area contributed by atoms with E-state index in [4.69, 9.17) is 4.74 Å². The number of methoxy groups -OCH3 is 1. The number of rotatable bonds is 7. The van der Waals surface area contributed by atoms with Gasteiger partial charge in [-0.3, -0.25) is 9.59 Å². The number of carbonyl (C=O) groups is 2. The van der Waals surface area contributed by atoms with Crippen molar-refractivity contribution in [2.45, 2.75) is 24.8 Å². The number of nitrogens with one attached hydrogen (secondary N) is 2. The van der Waals surface area contributed by atoms with Crippen LogP contribution < -0.4 is 15.4 Å². The van der Waals surface area contributed by atoms with Crippen molar-refractivity contribution < 1.29 is 14.3 Å². The summed E-state index contributed by atoms with van der Waals surface area (Å²) < 4.78 is 5.23. The van der Waals surface area contributed by atoms with E-state index in [1.54, 1.807) is 36.0 Å². The van der Waals surface area contributed by atoms with Crippen LogP contribution in [-0.2, 0) is 4.79 Å². The highest BCUT2D eigenvalue weighted by Crippen LogP contribution is 2.20. The van der Waals surface area contributed by atoms with Crippen molar-refractivity contribution in [3.8, 4) is 5.75 Å². The maximum absolute atomic E-state index is 12.7. The molecule has 2 amide bonds. The molecule has 0 radical (unpaired) electrons. The average molecular weight is 372 g/mol. The van der Waals surface area contributed by atoms with Gasteiger partial charge in [-0.25, -0.2) is 0 Å². The van der Waals surface area contributed by atoms with Gasteiger partial charge in [0.1, 0.15) is 11.8 Å². The summed E-state index contributed by atoms with van der Waals surface area (Å²) in [6.45, 7) is 3.79. The van der Waals surface area contributed by atoms with Crippen molar-refractivity contribution in [1.29, 1.82) is 0 Å². The van der Waals surface area contributed by atoms with Crippen LogP contribution in [0.3, 0.4) is 0 Å². The van der Waals surface area contributed by atoms with Gasteiger partial charge in [0, 0.05) is 10.6 Å². The third-order valence-corrected chi connectivity index (χ3v) is 4.65. The number of benzene rings is 2. The standard InChI is InChI=1S/C20H24N2O3S/c1-13(2)18(20(24)21-14-8-7-9-15(12-14)26-4)22-19(23)16-10-5-6-11-17(16)25-3/h5-13,18H,1-4H3,(H,21,24)(H,22,23)/t18-/m0/s1. The van der Waals surface area contributed by atoms with Gasteiger partial charge in [0.2, 0.25) is 5.91 Å². The molecule has 0 bridgehead atoms. The van der Waals surface area contributed by atoms with Gasteiger partial charge in [0.05, 0.1) is 12.7 Å². The first-order valence-electron chi connectivity index (χ1n) is 8.35. The topological polar surface area (TPSA) is 67.4 Å². The van der Waals surface area contributed by atoms with Crippen LogP contribution in [0.15, 0.2) is 53.4 Å². The monoisotopic (exact) mass is 372 g/mol. The van der Waals surface area contributed by atoms with Crippen molar-refractivity contribution in [3.05, 3.63) is 54.1 Å². The molecule has 0 aliphatic rings. The minimum absolute atomic E-state index is 0.0719. The van der Waals surface area contributed by atoms with Gasteiger partial charge in [-0.15, -0.1) is 11.8 Å². The first-order valence-corrected chi connectivity index (χ1v) is 9.57. The van der Waals surface area contributed by atoms with Gasteiger partial charge in [-0.1, -0.05) is 32.0 Å². The molecular weight excluding hydrogens is 348 g/mol. The maximum atomic E-state index is 12.7. The van der Waals surface area contributed by atoms with Crippen LogP contribution in [0.2, 0.25) is 0 Å². The van der Waals surface area contributed by atoms with Crippen LogP contribution in [0.5, 0.6) is 5.75 Å². The van der Waals surface area contributed by atoms with E-state index in [-0.39, 0.29) is 17.7 Å². The number of ether oxygens (including phenoxy) is 1. The van der Waals surface area contributed by atoms with Crippen LogP contribution in [0, 0.1) is 5.92 Å². The van der Waals surface area contributed by atoms with E-state index >= 15 is 0 Å². The molecule has 1 atom stereocenters. The van der Waals surface area contributed by atoms with Crippen LogP contribution in [0.25, 0.3) is 0 Å². The molecule has 0 spiro atoms. The summed E-state index contributed by atoms with van der Waals surface area (Å²) in [5, 5.41) is 5.71. The second-order valence-corrected chi connectivity index (χ2v) is 7.00. The number of hydrogen-bond donors (Lipinski definition) is 2. The zero-order valence-electron chi connectivity index (χ0n) is 15.4. The zero-order chi connectivity index (χ0) is 19.1. The van der Waals surface area contributed by atoms with Crippen LogP contribution in [0.1, 0.15) is 24.2 Å². The van der Waals surface area contributed by atoms with Crippen LogP contribution in [0.4, 0.5) is 5.69 Å². The van der Waals surface area contributed by atoms with Gasteiger partial charge in [-0.05, 0) is 42.5 Å². The van der Waals surface area contributed by atoms with E-state index < -0.39 is 6.04 Å². The Morgan fingerprint density at radius 3 is 2.46 bits per heavy atom. The Bertz CT molecular complexity index is 777. The molecule has 0 aromatic heterocycles. The second kappa shape index (κ2) is 9.29. The van der Waals surface area contributed by atoms with Crippen LogP contribution >= 0.6 is 11.8 Å². The molecule has 6 heteroatoms. The van der Waals surface area contributed by atoms with Gasteiger partial charge >= 0.3 is 0 Å². The Labute approximate surface area is 158 Å². The fourth-order valence-corrected chi connectivity index (χ4v) is 2.97. The quantitative estimate of drug-likeness (QED) is 0.725. The summed E-state index contributed by atoms with van der Waals surface area (Å²) in [4.78, 5) is 26.4. The molecule has 138 valence electrons. The third kappa shape index (κ3) is 5.02. The molecule has 2 aromatic carbocycles. The Morgan fingerprint density at radius 1 is 1.08 bits per heavy atom. The van der Waals surface area contributed by atoms with Gasteiger partial charge in [-0.2, -0.15) is 0 Å². The lowest BCUT2D eigenvalue weighted by Crippen LogP contribution is -2.47. The molecule has 0 heterocycles. The number of carbonyl (C=O) groups excluding carboxylic acids is 2. The summed E-state index contributed by atoms with van der Waals surface area (Å²) in [6.07, 6.45) is 1.98. The lowest BCUT2D eigenvalue weighted by atomic mass is 10.0. The number of hydrogen-bond acceptors (Lipinski definition) is 4. The van der Waals surface area contributed by atoms with Crippen molar-refractivity contribution in [2.75, 3.05) is 18.7 Å². The van der Waals surface area contributed by atoms with Crippen molar-refractivity contribution in [2.24, 2.45) is 5.92 Å². The highest BCUT2D eigenvalue weighted by atomic mass is 32.2. The second-order valence-electron chi connectivity index (χ2n) is 6.12. The number of amides is 2. The molecule has 0 unspecified atom stereocenters. The molecule has 0 fully saturated rings. The summed E-state index contributed by atoms with van der Waals surface area (Å²) in [5.74, 6) is -0.186. The molecule has 0 saturated heterocycles. The first kappa shape index (κ1) is 19.8. The normalized spacial score (nSPS) is 11.7. The molecule has 2 rings (SSSR count). The minimum Gasteiger partial charge on any atom is -0.496 e. The van der Waals surface area contributed by atoms with Gasteiger partial charge in [0.15, 0.2) is 0 Å². The number of anilines is 1. The van der Waals surface area contributed by atoms with E-state index in [2.05, 4.69) is 10.6 Å². The van der Waals surface area contributed by atoms with E-state index in [0.717, 1.165) is 4.90 Å².